The van der Waals surface area contributed by atoms with E-state index in [1.807, 2.05) is 86.7 Å². The monoisotopic (exact) mass is 302 g/mol. The molecule has 0 N–H and O–H groups in total. The van der Waals surface area contributed by atoms with Crippen LogP contribution in [0.25, 0.3) is 28.3 Å². The van der Waals surface area contributed by atoms with Crippen molar-refractivity contribution in [2.75, 3.05) is 0 Å². The van der Waals surface area contributed by atoms with Crippen LogP contribution in [0.4, 0.5) is 4.39 Å². The normalized spacial score (nSPS) is 11.1. The van der Waals surface area contributed by atoms with Crippen LogP contribution in [0.1, 0.15) is 18.1 Å². The number of benzene rings is 3. The topological polar surface area (TPSA) is 0 Å². The second kappa shape index (κ2) is 6.62. The minimum absolute atomic E-state index is 0.191. The third-order valence-electron chi connectivity index (χ3n) is 3.93. The fourth-order valence-corrected chi connectivity index (χ4v) is 2.64. The van der Waals surface area contributed by atoms with E-state index in [0.29, 0.717) is 5.56 Å². The molecule has 3 aromatic rings. The smallest absolute Gasteiger partial charge is 0.131 e. The highest BCUT2D eigenvalue weighted by atomic mass is 19.1. The average molecular weight is 302 g/mol. The van der Waals surface area contributed by atoms with Gasteiger partial charge in [-0.2, -0.15) is 0 Å². The molecule has 0 aliphatic carbocycles. The first kappa shape index (κ1) is 15.2. The molecule has 0 spiro atoms. The first-order valence-electron chi connectivity index (χ1n) is 7.77. The standard InChI is InChI=1S/C22H19F/c1-3-4-17-7-11-18(12-8-17)20-13-14-21(22(23)15-20)19-9-5-16(2)6-10-19/h3-15H,1-2H3. The van der Waals surface area contributed by atoms with E-state index in [1.165, 1.54) is 5.56 Å². The van der Waals surface area contributed by atoms with Crippen LogP contribution in [-0.2, 0) is 0 Å². The van der Waals surface area contributed by atoms with Crippen LogP contribution in [0.15, 0.2) is 72.8 Å². The average Bonchev–Trinajstić information content (AvgIpc) is 2.57. The Labute approximate surface area is 136 Å². The van der Waals surface area contributed by atoms with E-state index in [-0.39, 0.29) is 5.82 Å². The Morgan fingerprint density at radius 3 is 1.96 bits per heavy atom. The van der Waals surface area contributed by atoms with Crippen LogP contribution in [-0.4, -0.2) is 0 Å². The van der Waals surface area contributed by atoms with Crippen molar-refractivity contribution in [2.24, 2.45) is 0 Å². The molecular weight excluding hydrogens is 283 g/mol. The molecule has 23 heavy (non-hydrogen) atoms. The molecule has 0 aliphatic rings. The maximum absolute atomic E-state index is 14.5. The predicted molar refractivity (Wildman–Crippen MR) is 96.7 cm³/mol. The molecule has 114 valence electrons. The van der Waals surface area contributed by atoms with Crippen molar-refractivity contribution in [3.63, 3.8) is 0 Å². The molecule has 3 rings (SSSR count). The Bertz CT molecular complexity index is 825. The molecular formula is C22H19F. The van der Waals surface area contributed by atoms with E-state index in [0.717, 1.165) is 22.3 Å². The minimum Gasteiger partial charge on any atom is -0.206 e. The van der Waals surface area contributed by atoms with Crippen molar-refractivity contribution in [1.29, 1.82) is 0 Å². The van der Waals surface area contributed by atoms with Gasteiger partial charge < -0.3 is 0 Å². The molecule has 0 radical (unpaired) electrons. The van der Waals surface area contributed by atoms with Gasteiger partial charge in [0.2, 0.25) is 0 Å². The molecule has 0 bridgehead atoms. The number of allylic oxidation sites excluding steroid dienone is 1. The van der Waals surface area contributed by atoms with Gasteiger partial charge in [-0.1, -0.05) is 78.4 Å². The van der Waals surface area contributed by atoms with Crippen molar-refractivity contribution in [2.45, 2.75) is 13.8 Å². The van der Waals surface area contributed by atoms with Crippen LogP contribution >= 0.6 is 0 Å². The molecule has 0 heterocycles. The van der Waals surface area contributed by atoms with E-state index >= 15 is 0 Å². The van der Waals surface area contributed by atoms with Crippen molar-refractivity contribution >= 4 is 6.08 Å². The largest absolute Gasteiger partial charge is 0.206 e. The van der Waals surface area contributed by atoms with Gasteiger partial charge in [-0.3, -0.25) is 0 Å². The summed E-state index contributed by atoms with van der Waals surface area (Å²) in [6.07, 6.45) is 4.05. The lowest BCUT2D eigenvalue weighted by Gasteiger charge is -2.08. The summed E-state index contributed by atoms with van der Waals surface area (Å²) >= 11 is 0. The lowest BCUT2D eigenvalue weighted by Crippen LogP contribution is -1.87. The quantitative estimate of drug-likeness (QED) is 0.518. The molecule has 3 aromatic carbocycles. The molecule has 0 atom stereocenters. The van der Waals surface area contributed by atoms with Gasteiger partial charge >= 0.3 is 0 Å². The van der Waals surface area contributed by atoms with Crippen LogP contribution in [0, 0.1) is 12.7 Å². The SMILES string of the molecule is CC=Cc1ccc(-c2ccc(-c3ccc(C)cc3)c(F)c2)cc1. The van der Waals surface area contributed by atoms with E-state index in [2.05, 4.69) is 0 Å². The Hall–Kier alpha value is -2.67. The van der Waals surface area contributed by atoms with E-state index in [4.69, 9.17) is 0 Å². The van der Waals surface area contributed by atoms with Gasteiger partial charge in [0.1, 0.15) is 5.82 Å². The maximum Gasteiger partial charge on any atom is 0.131 e. The zero-order valence-electron chi connectivity index (χ0n) is 13.4. The van der Waals surface area contributed by atoms with E-state index < -0.39 is 0 Å². The van der Waals surface area contributed by atoms with Gasteiger partial charge in [-0.05, 0) is 42.2 Å². The molecule has 0 saturated heterocycles. The zero-order chi connectivity index (χ0) is 16.2. The summed E-state index contributed by atoms with van der Waals surface area (Å²) < 4.78 is 14.5. The van der Waals surface area contributed by atoms with E-state index in [1.54, 1.807) is 6.07 Å². The lowest BCUT2D eigenvalue weighted by molar-refractivity contribution is 0.632. The van der Waals surface area contributed by atoms with Gasteiger partial charge in [-0.25, -0.2) is 4.39 Å². The molecule has 0 nitrogen and oxygen atoms in total. The zero-order valence-corrected chi connectivity index (χ0v) is 13.4. The van der Waals surface area contributed by atoms with Gasteiger partial charge in [0.05, 0.1) is 0 Å². The fourth-order valence-electron chi connectivity index (χ4n) is 2.64. The summed E-state index contributed by atoms with van der Waals surface area (Å²) in [5.41, 5.74) is 5.78. The summed E-state index contributed by atoms with van der Waals surface area (Å²) in [6, 6.07) is 21.5. The molecule has 0 aliphatic heterocycles. The summed E-state index contributed by atoms with van der Waals surface area (Å²) in [5, 5.41) is 0. The summed E-state index contributed by atoms with van der Waals surface area (Å²) in [6.45, 7) is 4.02. The van der Waals surface area contributed by atoms with Crippen molar-refractivity contribution in [1.82, 2.24) is 0 Å². The number of halogens is 1. The fraction of sp³-hybridized carbons (Fsp3) is 0.0909. The predicted octanol–water partition coefficient (Wildman–Crippen LogP) is 6.50. The van der Waals surface area contributed by atoms with Crippen LogP contribution in [0.3, 0.4) is 0 Å². The van der Waals surface area contributed by atoms with Crippen molar-refractivity contribution < 1.29 is 4.39 Å². The maximum atomic E-state index is 14.5. The summed E-state index contributed by atoms with van der Waals surface area (Å²) in [5.74, 6) is -0.191. The van der Waals surface area contributed by atoms with E-state index in [9.17, 15) is 4.39 Å². The highest BCUT2D eigenvalue weighted by Gasteiger charge is 2.07. The van der Waals surface area contributed by atoms with Gasteiger partial charge in [0.15, 0.2) is 0 Å². The number of hydrogen-bond acceptors (Lipinski definition) is 0. The second-order valence-corrected chi connectivity index (χ2v) is 5.68. The van der Waals surface area contributed by atoms with Crippen molar-refractivity contribution in [3.05, 3.63) is 89.8 Å². The summed E-state index contributed by atoms with van der Waals surface area (Å²) in [7, 11) is 0. The third kappa shape index (κ3) is 3.40. The van der Waals surface area contributed by atoms with Gasteiger partial charge in [0.25, 0.3) is 0 Å². The van der Waals surface area contributed by atoms with Crippen LogP contribution in [0.2, 0.25) is 0 Å². The van der Waals surface area contributed by atoms with Gasteiger partial charge in [-0.15, -0.1) is 0 Å². The Morgan fingerprint density at radius 1 is 0.739 bits per heavy atom. The molecule has 0 unspecified atom stereocenters. The molecule has 1 heteroatoms. The second-order valence-electron chi connectivity index (χ2n) is 5.68. The van der Waals surface area contributed by atoms with Gasteiger partial charge in [0, 0.05) is 5.56 Å². The molecule has 0 saturated carbocycles. The van der Waals surface area contributed by atoms with Crippen molar-refractivity contribution in [3.8, 4) is 22.3 Å². The third-order valence-corrected chi connectivity index (χ3v) is 3.93. The first-order valence-corrected chi connectivity index (χ1v) is 7.77. The Morgan fingerprint density at radius 2 is 1.35 bits per heavy atom. The number of hydrogen-bond donors (Lipinski definition) is 0. The highest BCUT2D eigenvalue weighted by molar-refractivity contribution is 5.71. The Kier molecular flexibility index (Phi) is 4.38. The molecule has 0 amide bonds. The minimum atomic E-state index is -0.191. The summed E-state index contributed by atoms with van der Waals surface area (Å²) in [4.78, 5) is 0. The van der Waals surface area contributed by atoms with Crippen LogP contribution < -0.4 is 0 Å². The number of rotatable bonds is 3. The lowest BCUT2D eigenvalue weighted by atomic mass is 9.98. The molecule has 0 aromatic heterocycles. The van der Waals surface area contributed by atoms with Crippen LogP contribution in [0.5, 0.6) is 0 Å². The molecule has 0 fully saturated rings. The first-order chi connectivity index (χ1) is 11.2. The highest BCUT2D eigenvalue weighted by Crippen LogP contribution is 2.28. The number of aryl methyl sites for hydroxylation is 1. The Balaban J connectivity index is 1.94.